The molecule has 4 nitrogen and oxygen atoms in total. The first kappa shape index (κ1) is 12.5. The third-order valence-electron chi connectivity index (χ3n) is 2.64. The Morgan fingerprint density at radius 3 is 2.78 bits per heavy atom. The molecule has 1 atom stereocenters. The first-order valence-electron chi connectivity index (χ1n) is 5.51. The van der Waals surface area contributed by atoms with E-state index in [2.05, 4.69) is 9.97 Å². The van der Waals surface area contributed by atoms with Gasteiger partial charge in [-0.15, -0.1) is 0 Å². The molecule has 0 saturated heterocycles. The van der Waals surface area contributed by atoms with Crippen LogP contribution in [0.3, 0.4) is 0 Å². The normalized spacial score (nSPS) is 12.8. The van der Waals surface area contributed by atoms with Gasteiger partial charge in [0, 0.05) is 25.0 Å². The lowest BCUT2D eigenvalue weighted by atomic mass is 10.0. The number of carboxylic acids is 1. The van der Waals surface area contributed by atoms with E-state index in [1.807, 2.05) is 0 Å². The molecule has 0 bridgehead atoms. The predicted octanol–water partition coefficient (Wildman–Crippen LogP) is 2.49. The quantitative estimate of drug-likeness (QED) is 0.880. The van der Waals surface area contributed by atoms with Crippen molar-refractivity contribution in [1.82, 2.24) is 9.97 Å². The smallest absolute Gasteiger partial charge is 0.303 e. The van der Waals surface area contributed by atoms with Crippen LogP contribution in [0.1, 0.15) is 19.2 Å². The van der Waals surface area contributed by atoms with Crippen molar-refractivity contribution < 1.29 is 18.7 Å². The van der Waals surface area contributed by atoms with Crippen LogP contribution >= 0.6 is 0 Å². The predicted molar refractivity (Wildman–Crippen MR) is 61.1 cm³/mol. The highest BCUT2D eigenvalue weighted by Crippen LogP contribution is 2.18. The third-order valence-corrected chi connectivity index (χ3v) is 2.64. The number of nitrogens with one attached hydrogen (secondary N) is 1. The number of aliphatic carboxylic acids is 1. The number of aromatic amines is 1. The van der Waals surface area contributed by atoms with Crippen LogP contribution in [-0.2, 0) is 11.2 Å². The van der Waals surface area contributed by atoms with Gasteiger partial charge in [-0.1, -0.05) is 6.92 Å². The van der Waals surface area contributed by atoms with Gasteiger partial charge in [-0.3, -0.25) is 4.79 Å². The fourth-order valence-electron chi connectivity index (χ4n) is 1.85. The highest BCUT2D eigenvalue weighted by Gasteiger charge is 2.13. The van der Waals surface area contributed by atoms with E-state index in [0.717, 1.165) is 12.1 Å². The van der Waals surface area contributed by atoms with E-state index >= 15 is 0 Å². The molecular weight excluding hydrogens is 242 g/mol. The lowest BCUT2D eigenvalue weighted by Crippen LogP contribution is -2.07. The average Bonchev–Trinajstić information content (AvgIpc) is 2.58. The molecule has 0 spiro atoms. The zero-order chi connectivity index (χ0) is 13.3. The van der Waals surface area contributed by atoms with Crippen molar-refractivity contribution in [1.29, 1.82) is 0 Å². The fraction of sp³-hybridized carbons (Fsp3) is 0.333. The Hall–Kier alpha value is -1.98. The second-order valence-corrected chi connectivity index (χ2v) is 4.37. The molecule has 18 heavy (non-hydrogen) atoms. The summed E-state index contributed by atoms with van der Waals surface area (Å²) in [6, 6.07) is 2.07. The molecule has 0 amide bonds. The molecule has 0 aliphatic heterocycles. The van der Waals surface area contributed by atoms with Crippen LogP contribution in [0.5, 0.6) is 0 Å². The Labute approximate surface area is 102 Å². The summed E-state index contributed by atoms with van der Waals surface area (Å²) in [6.07, 6.45) is 0.448. The highest BCUT2D eigenvalue weighted by atomic mass is 19.2. The maximum atomic E-state index is 13.0. The number of hydrogen-bond donors (Lipinski definition) is 2. The summed E-state index contributed by atoms with van der Waals surface area (Å²) in [5.41, 5.74) is 0.748. The minimum atomic E-state index is -0.945. The molecule has 96 valence electrons. The van der Waals surface area contributed by atoms with Gasteiger partial charge in [0.05, 0.1) is 11.0 Å². The van der Waals surface area contributed by atoms with Crippen molar-refractivity contribution >= 4 is 17.0 Å². The molecule has 0 aliphatic carbocycles. The van der Waals surface area contributed by atoms with Crippen molar-refractivity contribution in [3.8, 4) is 0 Å². The molecule has 2 rings (SSSR count). The van der Waals surface area contributed by atoms with Crippen molar-refractivity contribution in [3.05, 3.63) is 29.6 Å². The highest BCUT2D eigenvalue weighted by molar-refractivity contribution is 5.75. The Morgan fingerprint density at radius 2 is 2.11 bits per heavy atom. The lowest BCUT2D eigenvalue weighted by Gasteiger charge is -2.04. The summed E-state index contributed by atoms with van der Waals surface area (Å²) in [7, 11) is 0. The van der Waals surface area contributed by atoms with Crippen molar-refractivity contribution in [2.24, 2.45) is 5.92 Å². The SMILES string of the molecule is CC(CC(=O)O)Cc1nc2cc(F)c(F)cc2[nH]1. The molecule has 0 fully saturated rings. The zero-order valence-electron chi connectivity index (χ0n) is 9.70. The van der Waals surface area contributed by atoms with Gasteiger partial charge in [-0.2, -0.15) is 0 Å². The fourth-order valence-corrected chi connectivity index (χ4v) is 1.85. The standard InChI is InChI=1S/C12H12F2N2O2/c1-6(3-12(17)18)2-11-15-9-4-7(13)8(14)5-10(9)16-11/h4-6H,2-3H2,1H3,(H,15,16)(H,17,18). The minimum absolute atomic E-state index is 0.0275. The second kappa shape index (κ2) is 4.72. The molecule has 1 aromatic carbocycles. The van der Waals surface area contributed by atoms with Gasteiger partial charge >= 0.3 is 5.97 Å². The van der Waals surface area contributed by atoms with Gasteiger partial charge in [-0.05, 0) is 5.92 Å². The number of hydrogen-bond acceptors (Lipinski definition) is 2. The average molecular weight is 254 g/mol. The van der Waals surface area contributed by atoms with E-state index in [1.165, 1.54) is 0 Å². The van der Waals surface area contributed by atoms with Crippen LogP contribution in [0.15, 0.2) is 12.1 Å². The maximum Gasteiger partial charge on any atom is 0.303 e. The van der Waals surface area contributed by atoms with E-state index in [0.29, 0.717) is 23.3 Å². The summed E-state index contributed by atoms with van der Waals surface area (Å²) in [5, 5.41) is 8.64. The topological polar surface area (TPSA) is 66.0 Å². The Morgan fingerprint density at radius 1 is 1.44 bits per heavy atom. The Kier molecular flexibility index (Phi) is 3.27. The third kappa shape index (κ3) is 2.64. The molecule has 6 heteroatoms. The van der Waals surface area contributed by atoms with E-state index < -0.39 is 17.6 Å². The number of benzene rings is 1. The van der Waals surface area contributed by atoms with Gasteiger partial charge in [0.15, 0.2) is 11.6 Å². The summed E-state index contributed by atoms with van der Waals surface area (Å²) in [6.45, 7) is 1.78. The van der Waals surface area contributed by atoms with Crippen LogP contribution in [0, 0.1) is 17.6 Å². The number of imidazole rings is 1. The molecular formula is C12H12F2N2O2. The maximum absolute atomic E-state index is 13.0. The minimum Gasteiger partial charge on any atom is -0.481 e. The van der Waals surface area contributed by atoms with Crippen molar-refractivity contribution in [3.63, 3.8) is 0 Å². The summed E-state index contributed by atoms with van der Waals surface area (Å²) in [4.78, 5) is 17.5. The largest absolute Gasteiger partial charge is 0.481 e. The van der Waals surface area contributed by atoms with Crippen LogP contribution in [0.2, 0.25) is 0 Å². The van der Waals surface area contributed by atoms with Gasteiger partial charge in [0.2, 0.25) is 0 Å². The van der Waals surface area contributed by atoms with Gasteiger partial charge in [0.25, 0.3) is 0 Å². The van der Waals surface area contributed by atoms with Crippen LogP contribution in [0.4, 0.5) is 8.78 Å². The number of fused-ring (bicyclic) bond motifs is 1. The van der Waals surface area contributed by atoms with Crippen LogP contribution in [0.25, 0.3) is 11.0 Å². The number of H-pyrrole nitrogens is 1. The number of aromatic nitrogens is 2. The van der Waals surface area contributed by atoms with E-state index in [9.17, 15) is 13.6 Å². The molecule has 1 unspecified atom stereocenters. The van der Waals surface area contributed by atoms with Crippen molar-refractivity contribution in [2.75, 3.05) is 0 Å². The van der Waals surface area contributed by atoms with E-state index in [1.54, 1.807) is 6.92 Å². The van der Waals surface area contributed by atoms with Crippen molar-refractivity contribution in [2.45, 2.75) is 19.8 Å². The zero-order valence-corrected chi connectivity index (χ0v) is 9.70. The molecule has 0 aliphatic rings. The molecule has 0 radical (unpaired) electrons. The van der Waals surface area contributed by atoms with Gasteiger partial charge < -0.3 is 10.1 Å². The first-order chi connectivity index (χ1) is 8.45. The molecule has 1 aromatic heterocycles. The summed E-state index contributed by atoms with van der Waals surface area (Å²) in [5.74, 6) is -2.33. The lowest BCUT2D eigenvalue weighted by molar-refractivity contribution is -0.137. The van der Waals surface area contributed by atoms with E-state index in [-0.39, 0.29) is 12.3 Å². The van der Waals surface area contributed by atoms with Gasteiger partial charge in [-0.25, -0.2) is 13.8 Å². The van der Waals surface area contributed by atoms with Crippen LogP contribution in [-0.4, -0.2) is 21.0 Å². The number of carboxylic acid groups (broad SMARTS) is 1. The molecule has 2 N–H and O–H groups in total. The number of nitrogens with zero attached hydrogens (tertiary/aromatic N) is 1. The second-order valence-electron chi connectivity index (χ2n) is 4.37. The van der Waals surface area contributed by atoms with E-state index in [4.69, 9.17) is 5.11 Å². The molecule has 0 saturated carbocycles. The molecule has 2 aromatic rings. The number of rotatable bonds is 4. The summed E-state index contributed by atoms with van der Waals surface area (Å²) >= 11 is 0. The number of carbonyl (C=O) groups is 1. The Bertz CT molecular complexity index is 556. The molecule has 1 heterocycles. The summed E-state index contributed by atoms with van der Waals surface area (Å²) < 4.78 is 26.0. The van der Waals surface area contributed by atoms with Crippen LogP contribution < -0.4 is 0 Å². The number of halogens is 2. The monoisotopic (exact) mass is 254 g/mol. The first-order valence-corrected chi connectivity index (χ1v) is 5.51. The Balaban J connectivity index is 2.22. The van der Waals surface area contributed by atoms with Gasteiger partial charge in [0.1, 0.15) is 5.82 Å².